The maximum absolute atomic E-state index is 12.4. The average molecular weight is 277 g/mol. The number of nitrogens with zero attached hydrogens (tertiary/aromatic N) is 4. The average Bonchev–Trinajstić information content (AvgIpc) is 2.46. The number of rotatable bonds is 2. The Morgan fingerprint density at radius 3 is 2.80 bits per heavy atom. The van der Waals surface area contributed by atoms with Gasteiger partial charge in [0.2, 0.25) is 0 Å². The lowest BCUT2D eigenvalue weighted by Crippen LogP contribution is -2.52. The summed E-state index contributed by atoms with van der Waals surface area (Å²) in [5.74, 6) is -0.110. The highest BCUT2D eigenvalue weighted by Gasteiger charge is 2.27. The monoisotopic (exact) mass is 277 g/mol. The maximum Gasteiger partial charge on any atom is 0.272 e. The molecular formula is C13H19N5O2. The summed E-state index contributed by atoms with van der Waals surface area (Å²) in [5.41, 5.74) is 6.31. The third-order valence-corrected chi connectivity index (χ3v) is 3.48. The summed E-state index contributed by atoms with van der Waals surface area (Å²) < 4.78 is 0. The fourth-order valence-corrected chi connectivity index (χ4v) is 2.32. The molecule has 2 heterocycles. The molecular weight excluding hydrogens is 258 g/mol. The molecule has 0 aromatic carbocycles. The van der Waals surface area contributed by atoms with Crippen molar-refractivity contribution in [3.8, 4) is 0 Å². The van der Waals surface area contributed by atoms with E-state index >= 15 is 0 Å². The minimum Gasteiger partial charge on any atom is -0.409 e. The molecule has 7 heteroatoms. The number of hydrogen-bond donors (Lipinski definition) is 2. The van der Waals surface area contributed by atoms with Crippen LogP contribution in [0.3, 0.4) is 0 Å². The van der Waals surface area contributed by atoms with E-state index in [-0.39, 0.29) is 17.8 Å². The van der Waals surface area contributed by atoms with Crippen LogP contribution >= 0.6 is 0 Å². The first-order valence-corrected chi connectivity index (χ1v) is 6.46. The van der Waals surface area contributed by atoms with Gasteiger partial charge in [-0.15, -0.1) is 0 Å². The van der Waals surface area contributed by atoms with E-state index in [1.807, 2.05) is 18.9 Å². The van der Waals surface area contributed by atoms with Crippen LogP contribution in [0.4, 0.5) is 0 Å². The maximum atomic E-state index is 12.4. The number of carbonyl (C=O) groups is 1. The number of carbonyl (C=O) groups excluding carboxylic acids is 1. The van der Waals surface area contributed by atoms with E-state index in [0.29, 0.717) is 17.8 Å². The highest BCUT2D eigenvalue weighted by molar-refractivity contribution is 5.98. The number of amides is 1. The molecule has 7 nitrogen and oxygen atoms in total. The second kappa shape index (κ2) is 5.87. The van der Waals surface area contributed by atoms with Crippen molar-refractivity contribution in [1.82, 2.24) is 14.8 Å². The van der Waals surface area contributed by atoms with Gasteiger partial charge in [0.25, 0.3) is 5.91 Å². The molecule has 1 unspecified atom stereocenters. The van der Waals surface area contributed by atoms with Gasteiger partial charge in [0.1, 0.15) is 5.69 Å². The van der Waals surface area contributed by atoms with E-state index in [0.717, 1.165) is 13.1 Å². The molecule has 20 heavy (non-hydrogen) atoms. The molecule has 1 aliphatic rings. The van der Waals surface area contributed by atoms with E-state index in [4.69, 9.17) is 10.9 Å². The van der Waals surface area contributed by atoms with E-state index in [1.165, 1.54) is 6.20 Å². The summed E-state index contributed by atoms with van der Waals surface area (Å²) >= 11 is 0. The molecule has 1 aliphatic heterocycles. The van der Waals surface area contributed by atoms with Gasteiger partial charge < -0.3 is 20.7 Å². The summed E-state index contributed by atoms with van der Waals surface area (Å²) in [6.07, 6.45) is 1.43. The fraction of sp³-hybridized carbons (Fsp3) is 0.462. The van der Waals surface area contributed by atoms with Gasteiger partial charge in [0, 0.05) is 37.4 Å². The molecule has 108 valence electrons. The predicted molar refractivity (Wildman–Crippen MR) is 74.7 cm³/mol. The Hall–Kier alpha value is -2.15. The minimum absolute atomic E-state index is 0.0236. The summed E-state index contributed by atoms with van der Waals surface area (Å²) in [5, 5.41) is 11.5. The molecule has 2 rings (SSSR count). The van der Waals surface area contributed by atoms with Crippen molar-refractivity contribution >= 4 is 11.7 Å². The normalized spacial score (nSPS) is 21.0. The Bertz CT molecular complexity index is 514. The van der Waals surface area contributed by atoms with Crippen LogP contribution in [0.15, 0.2) is 23.5 Å². The largest absolute Gasteiger partial charge is 0.409 e. The molecule has 0 spiro atoms. The number of hydrogen-bond acceptors (Lipinski definition) is 5. The molecule has 1 fully saturated rings. The zero-order valence-electron chi connectivity index (χ0n) is 11.7. The van der Waals surface area contributed by atoms with Crippen molar-refractivity contribution in [2.75, 3.05) is 26.7 Å². The predicted octanol–water partition coefficient (Wildman–Crippen LogP) is -0.0478. The number of amidine groups is 1. The van der Waals surface area contributed by atoms with Crippen LogP contribution in [0.1, 0.15) is 23.0 Å². The molecule has 0 saturated carbocycles. The van der Waals surface area contributed by atoms with Crippen molar-refractivity contribution in [3.63, 3.8) is 0 Å². The first-order chi connectivity index (χ1) is 9.52. The Balaban J connectivity index is 2.13. The zero-order chi connectivity index (χ0) is 14.7. The SMILES string of the molecule is CC1CN(C)CCN1C(=O)c1ccc(/C(N)=N/O)cn1. The van der Waals surface area contributed by atoms with Gasteiger partial charge in [-0.25, -0.2) is 0 Å². The van der Waals surface area contributed by atoms with Gasteiger partial charge in [-0.3, -0.25) is 9.78 Å². The van der Waals surface area contributed by atoms with Crippen LogP contribution < -0.4 is 5.73 Å². The fourth-order valence-electron chi connectivity index (χ4n) is 2.32. The third kappa shape index (κ3) is 2.88. The number of nitrogens with two attached hydrogens (primary N) is 1. The van der Waals surface area contributed by atoms with Crippen LogP contribution in [-0.4, -0.2) is 64.5 Å². The molecule has 0 aliphatic carbocycles. The number of aromatic nitrogens is 1. The third-order valence-electron chi connectivity index (χ3n) is 3.48. The number of oxime groups is 1. The van der Waals surface area contributed by atoms with Crippen LogP contribution in [0.25, 0.3) is 0 Å². The summed E-state index contributed by atoms with van der Waals surface area (Å²) in [6.45, 7) is 4.44. The number of piperazine rings is 1. The van der Waals surface area contributed by atoms with Crippen LogP contribution in [0, 0.1) is 0 Å². The lowest BCUT2D eigenvalue weighted by Gasteiger charge is -2.38. The van der Waals surface area contributed by atoms with Crippen molar-refractivity contribution in [1.29, 1.82) is 0 Å². The molecule has 1 saturated heterocycles. The lowest BCUT2D eigenvalue weighted by atomic mass is 10.1. The molecule has 1 amide bonds. The molecule has 0 radical (unpaired) electrons. The van der Waals surface area contributed by atoms with Crippen LogP contribution in [-0.2, 0) is 0 Å². The van der Waals surface area contributed by atoms with Crippen molar-refractivity contribution in [2.24, 2.45) is 10.9 Å². The highest BCUT2D eigenvalue weighted by atomic mass is 16.4. The first kappa shape index (κ1) is 14.3. The van der Waals surface area contributed by atoms with Gasteiger partial charge in [-0.2, -0.15) is 0 Å². The van der Waals surface area contributed by atoms with Crippen molar-refractivity contribution in [3.05, 3.63) is 29.6 Å². The molecule has 1 aromatic rings. The van der Waals surface area contributed by atoms with Crippen molar-refractivity contribution < 1.29 is 10.0 Å². The number of likely N-dealkylation sites (N-methyl/N-ethyl adjacent to an activating group) is 1. The quantitative estimate of drug-likeness (QED) is 0.342. The first-order valence-electron chi connectivity index (χ1n) is 6.46. The number of pyridine rings is 1. The van der Waals surface area contributed by atoms with Crippen molar-refractivity contribution in [2.45, 2.75) is 13.0 Å². The smallest absolute Gasteiger partial charge is 0.272 e. The van der Waals surface area contributed by atoms with Crippen LogP contribution in [0.2, 0.25) is 0 Å². The van der Waals surface area contributed by atoms with Crippen LogP contribution in [0.5, 0.6) is 0 Å². The van der Waals surface area contributed by atoms with E-state index in [2.05, 4.69) is 15.0 Å². The van der Waals surface area contributed by atoms with Gasteiger partial charge in [-0.05, 0) is 26.1 Å². The summed E-state index contributed by atoms with van der Waals surface area (Å²) in [7, 11) is 2.04. The van der Waals surface area contributed by atoms with Gasteiger partial charge in [-0.1, -0.05) is 5.16 Å². The zero-order valence-corrected chi connectivity index (χ0v) is 11.7. The minimum atomic E-state index is -0.0864. The van der Waals surface area contributed by atoms with E-state index in [9.17, 15) is 4.79 Å². The van der Waals surface area contributed by atoms with Gasteiger partial charge in [0.05, 0.1) is 0 Å². The summed E-state index contributed by atoms with van der Waals surface area (Å²) in [6, 6.07) is 3.38. The van der Waals surface area contributed by atoms with E-state index in [1.54, 1.807) is 12.1 Å². The molecule has 0 bridgehead atoms. The topological polar surface area (TPSA) is 95.0 Å². The molecule has 3 N–H and O–H groups in total. The highest BCUT2D eigenvalue weighted by Crippen LogP contribution is 2.12. The summed E-state index contributed by atoms with van der Waals surface area (Å²) in [4.78, 5) is 20.5. The Morgan fingerprint density at radius 2 is 2.25 bits per heavy atom. The second-order valence-electron chi connectivity index (χ2n) is 5.03. The Morgan fingerprint density at radius 1 is 1.50 bits per heavy atom. The standard InChI is InChI=1S/C13H19N5O2/c1-9-8-17(2)5-6-18(9)13(19)11-4-3-10(7-15-11)12(14)16-20/h3-4,7,9,20H,5-6,8H2,1-2H3,(H2,14,16). The Labute approximate surface area is 117 Å². The van der Waals surface area contributed by atoms with Gasteiger partial charge >= 0.3 is 0 Å². The van der Waals surface area contributed by atoms with Gasteiger partial charge in [0.15, 0.2) is 5.84 Å². The Kier molecular flexibility index (Phi) is 4.19. The molecule has 1 aromatic heterocycles. The molecule has 1 atom stereocenters. The lowest BCUT2D eigenvalue weighted by molar-refractivity contribution is 0.0528. The second-order valence-corrected chi connectivity index (χ2v) is 5.03. The van der Waals surface area contributed by atoms with E-state index < -0.39 is 0 Å².